The second kappa shape index (κ2) is 7.11. The van der Waals surface area contributed by atoms with Crippen molar-refractivity contribution < 1.29 is 0 Å². The lowest BCUT2D eigenvalue weighted by Gasteiger charge is -2.13. The molecule has 0 bridgehead atoms. The molecule has 2 aromatic carbocycles. The molecule has 1 N–H and O–H groups in total. The summed E-state index contributed by atoms with van der Waals surface area (Å²) in [6.07, 6.45) is 0. The number of rotatable bonds is 5. The summed E-state index contributed by atoms with van der Waals surface area (Å²) in [4.78, 5) is 2.10. The van der Waals surface area contributed by atoms with Crippen LogP contribution < -0.4 is 10.2 Å². The predicted octanol–water partition coefficient (Wildman–Crippen LogP) is 4.46. The van der Waals surface area contributed by atoms with Gasteiger partial charge >= 0.3 is 0 Å². The lowest BCUT2D eigenvalue weighted by atomic mass is 10.2. The van der Waals surface area contributed by atoms with Crippen LogP contribution in [0.15, 0.2) is 46.9 Å². The maximum atomic E-state index is 6.08. The predicted molar refractivity (Wildman–Crippen MR) is 90.5 cm³/mol. The van der Waals surface area contributed by atoms with Crippen molar-refractivity contribution in [2.75, 3.05) is 19.0 Å². The Bertz CT molecular complexity index is 567. The summed E-state index contributed by atoms with van der Waals surface area (Å²) in [5.41, 5.74) is 3.68. The average molecular weight is 354 g/mol. The van der Waals surface area contributed by atoms with Gasteiger partial charge in [0.1, 0.15) is 0 Å². The zero-order valence-corrected chi connectivity index (χ0v) is 14.0. The second-order valence-electron chi connectivity index (χ2n) is 4.91. The molecule has 2 rings (SSSR count). The Morgan fingerprint density at radius 3 is 2.20 bits per heavy atom. The molecule has 0 saturated carbocycles. The van der Waals surface area contributed by atoms with Crippen LogP contribution in [-0.4, -0.2) is 14.1 Å². The first-order valence-corrected chi connectivity index (χ1v) is 7.64. The number of anilines is 1. The number of halogens is 2. The van der Waals surface area contributed by atoms with Crippen molar-refractivity contribution in [1.82, 2.24) is 5.32 Å². The van der Waals surface area contributed by atoms with E-state index in [-0.39, 0.29) is 0 Å². The molecular formula is C16H18BrClN2. The van der Waals surface area contributed by atoms with Crippen LogP contribution in [0.1, 0.15) is 11.1 Å². The standard InChI is InChI=1S/C16H18BrClN2/c1-20(2)14-6-3-12(4-7-14)10-19-11-13-5-8-15(17)16(18)9-13/h3-9,19H,10-11H2,1-2H3. The fraction of sp³-hybridized carbons (Fsp3) is 0.250. The largest absolute Gasteiger partial charge is 0.378 e. The highest BCUT2D eigenvalue weighted by Crippen LogP contribution is 2.23. The van der Waals surface area contributed by atoms with E-state index in [2.05, 4.69) is 56.5 Å². The first kappa shape index (κ1) is 15.4. The Labute approximate surface area is 133 Å². The van der Waals surface area contributed by atoms with Crippen LogP contribution >= 0.6 is 27.5 Å². The van der Waals surface area contributed by atoms with Gasteiger partial charge in [-0.25, -0.2) is 0 Å². The van der Waals surface area contributed by atoms with E-state index in [4.69, 9.17) is 11.6 Å². The van der Waals surface area contributed by atoms with E-state index in [1.54, 1.807) is 0 Å². The van der Waals surface area contributed by atoms with Gasteiger partial charge in [-0.3, -0.25) is 0 Å². The van der Waals surface area contributed by atoms with E-state index >= 15 is 0 Å². The first-order chi connectivity index (χ1) is 9.56. The Balaban J connectivity index is 1.87. The highest BCUT2D eigenvalue weighted by Gasteiger charge is 2.00. The number of benzene rings is 2. The van der Waals surface area contributed by atoms with Gasteiger partial charge < -0.3 is 10.2 Å². The van der Waals surface area contributed by atoms with E-state index < -0.39 is 0 Å². The lowest BCUT2D eigenvalue weighted by molar-refractivity contribution is 0.693. The number of hydrogen-bond donors (Lipinski definition) is 1. The molecule has 0 fully saturated rings. The van der Waals surface area contributed by atoms with E-state index in [1.165, 1.54) is 16.8 Å². The number of nitrogens with zero attached hydrogens (tertiary/aromatic N) is 1. The summed E-state index contributed by atoms with van der Waals surface area (Å²) in [5, 5.41) is 4.18. The summed E-state index contributed by atoms with van der Waals surface area (Å²) in [7, 11) is 4.09. The molecule has 0 saturated heterocycles. The third kappa shape index (κ3) is 4.23. The molecule has 0 aliphatic rings. The van der Waals surface area contributed by atoms with Gasteiger partial charge in [-0.05, 0) is 51.3 Å². The highest BCUT2D eigenvalue weighted by molar-refractivity contribution is 9.10. The minimum atomic E-state index is 0.750. The Morgan fingerprint density at radius 1 is 1.00 bits per heavy atom. The normalized spacial score (nSPS) is 10.6. The summed E-state index contributed by atoms with van der Waals surface area (Å²) in [5.74, 6) is 0. The third-order valence-corrected chi connectivity index (χ3v) is 4.33. The van der Waals surface area contributed by atoms with Gasteiger partial charge in [0.2, 0.25) is 0 Å². The van der Waals surface area contributed by atoms with Crippen LogP contribution in [0, 0.1) is 0 Å². The molecule has 20 heavy (non-hydrogen) atoms. The van der Waals surface area contributed by atoms with Gasteiger partial charge in [-0.15, -0.1) is 0 Å². The van der Waals surface area contributed by atoms with Crippen LogP contribution in [-0.2, 0) is 13.1 Å². The quantitative estimate of drug-likeness (QED) is 0.854. The Morgan fingerprint density at radius 2 is 1.60 bits per heavy atom. The van der Waals surface area contributed by atoms with Crippen molar-refractivity contribution >= 4 is 33.2 Å². The van der Waals surface area contributed by atoms with Crippen LogP contribution in [0.5, 0.6) is 0 Å². The minimum absolute atomic E-state index is 0.750. The molecule has 2 aromatic rings. The summed E-state index contributed by atoms with van der Waals surface area (Å²) < 4.78 is 0.933. The first-order valence-electron chi connectivity index (χ1n) is 6.47. The number of hydrogen-bond acceptors (Lipinski definition) is 2. The van der Waals surface area contributed by atoms with Crippen molar-refractivity contribution in [2.24, 2.45) is 0 Å². The highest BCUT2D eigenvalue weighted by atomic mass is 79.9. The van der Waals surface area contributed by atoms with Gasteiger partial charge in [0.05, 0.1) is 5.02 Å². The molecule has 4 heteroatoms. The van der Waals surface area contributed by atoms with Crippen LogP contribution in [0.2, 0.25) is 5.02 Å². The Hall–Kier alpha value is -1.03. The third-order valence-electron chi connectivity index (χ3n) is 3.09. The number of nitrogens with one attached hydrogen (secondary N) is 1. The van der Waals surface area contributed by atoms with Crippen molar-refractivity contribution in [2.45, 2.75) is 13.1 Å². The van der Waals surface area contributed by atoms with E-state index in [9.17, 15) is 0 Å². The van der Waals surface area contributed by atoms with Crippen LogP contribution in [0.25, 0.3) is 0 Å². The molecule has 0 radical (unpaired) electrons. The van der Waals surface area contributed by atoms with E-state index in [0.717, 1.165) is 22.6 Å². The fourth-order valence-corrected chi connectivity index (χ4v) is 2.36. The Kier molecular flexibility index (Phi) is 5.46. The molecule has 0 aromatic heterocycles. The molecule has 106 valence electrons. The SMILES string of the molecule is CN(C)c1ccc(CNCc2ccc(Br)c(Cl)c2)cc1. The van der Waals surface area contributed by atoms with E-state index in [1.807, 2.05) is 26.2 Å². The summed E-state index contributed by atoms with van der Waals surface area (Å²) in [6, 6.07) is 14.6. The monoisotopic (exact) mass is 352 g/mol. The van der Waals surface area contributed by atoms with Gasteiger partial charge in [-0.2, -0.15) is 0 Å². The topological polar surface area (TPSA) is 15.3 Å². The molecule has 0 amide bonds. The second-order valence-corrected chi connectivity index (χ2v) is 6.17. The smallest absolute Gasteiger partial charge is 0.0551 e. The molecule has 0 unspecified atom stereocenters. The van der Waals surface area contributed by atoms with Gasteiger partial charge in [0.15, 0.2) is 0 Å². The minimum Gasteiger partial charge on any atom is -0.378 e. The summed E-state index contributed by atoms with van der Waals surface area (Å²) in [6.45, 7) is 1.66. The van der Waals surface area contributed by atoms with Crippen molar-refractivity contribution in [3.05, 3.63) is 63.1 Å². The molecule has 2 nitrogen and oxygen atoms in total. The molecular weight excluding hydrogens is 336 g/mol. The van der Waals surface area contributed by atoms with E-state index in [0.29, 0.717) is 0 Å². The van der Waals surface area contributed by atoms with Gasteiger partial charge in [0, 0.05) is 37.3 Å². The lowest BCUT2D eigenvalue weighted by Crippen LogP contribution is -2.13. The average Bonchev–Trinajstić information content (AvgIpc) is 2.43. The maximum absolute atomic E-state index is 6.08. The molecule has 0 heterocycles. The van der Waals surface area contributed by atoms with Crippen molar-refractivity contribution in [3.8, 4) is 0 Å². The van der Waals surface area contributed by atoms with Crippen LogP contribution in [0.3, 0.4) is 0 Å². The van der Waals surface area contributed by atoms with Crippen molar-refractivity contribution in [1.29, 1.82) is 0 Å². The molecule has 0 aliphatic heterocycles. The fourth-order valence-electron chi connectivity index (χ4n) is 1.91. The van der Waals surface area contributed by atoms with Crippen molar-refractivity contribution in [3.63, 3.8) is 0 Å². The molecule has 0 atom stereocenters. The van der Waals surface area contributed by atoms with Crippen LogP contribution in [0.4, 0.5) is 5.69 Å². The van der Waals surface area contributed by atoms with Gasteiger partial charge in [-0.1, -0.05) is 29.8 Å². The summed E-state index contributed by atoms with van der Waals surface area (Å²) >= 11 is 9.47. The zero-order chi connectivity index (χ0) is 14.5. The maximum Gasteiger partial charge on any atom is 0.0551 e. The van der Waals surface area contributed by atoms with Gasteiger partial charge in [0.25, 0.3) is 0 Å². The molecule has 0 spiro atoms. The zero-order valence-electron chi connectivity index (χ0n) is 11.7. The molecule has 0 aliphatic carbocycles.